The van der Waals surface area contributed by atoms with Crippen molar-refractivity contribution in [2.45, 2.75) is 32.7 Å². The number of hydrogen-bond donors (Lipinski definition) is 0. The molecule has 0 spiro atoms. The van der Waals surface area contributed by atoms with E-state index < -0.39 is 0 Å². The van der Waals surface area contributed by atoms with E-state index in [0.717, 1.165) is 18.0 Å². The van der Waals surface area contributed by atoms with Gasteiger partial charge in [-0.15, -0.1) is 0 Å². The van der Waals surface area contributed by atoms with Crippen LogP contribution in [0.1, 0.15) is 24.8 Å². The standard InChI is InChI=1S/C16H21N3O/c1-12-4-3-5-15-14(12)10-17-19(15)9-8-16(20)18(2)11-13-6-7-13/h3-5,10,13H,6-9,11H2,1-2H3. The summed E-state index contributed by atoms with van der Waals surface area (Å²) in [4.78, 5) is 14.0. The smallest absolute Gasteiger partial charge is 0.224 e. The zero-order valence-electron chi connectivity index (χ0n) is 12.2. The molecule has 1 aliphatic carbocycles. The minimum atomic E-state index is 0.216. The number of benzene rings is 1. The summed E-state index contributed by atoms with van der Waals surface area (Å²) < 4.78 is 1.94. The van der Waals surface area contributed by atoms with E-state index >= 15 is 0 Å². The second kappa shape index (κ2) is 5.27. The number of rotatable bonds is 5. The molecule has 1 aromatic carbocycles. The Morgan fingerprint density at radius 1 is 1.45 bits per heavy atom. The summed E-state index contributed by atoms with van der Waals surface area (Å²) in [6, 6.07) is 6.19. The van der Waals surface area contributed by atoms with Gasteiger partial charge in [-0.2, -0.15) is 5.10 Å². The summed E-state index contributed by atoms with van der Waals surface area (Å²) in [5.74, 6) is 0.963. The highest BCUT2D eigenvalue weighted by atomic mass is 16.2. The molecule has 0 unspecified atom stereocenters. The fourth-order valence-corrected chi connectivity index (χ4v) is 2.61. The molecule has 0 radical (unpaired) electrons. The van der Waals surface area contributed by atoms with Gasteiger partial charge in [0.25, 0.3) is 0 Å². The largest absolute Gasteiger partial charge is 0.345 e. The van der Waals surface area contributed by atoms with E-state index in [-0.39, 0.29) is 5.91 Å². The van der Waals surface area contributed by atoms with E-state index in [0.29, 0.717) is 13.0 Å². The first-order valence-corrected chi connectivity index (χ1v) is 7.30. The third-order valence-electron chi connectivity index (χ3n) is 4.10. The van der Waals surface area contributed by atoms with Crippen molar-refractivity contribution in [3.05, 3.63) is 30.0 Å². The highest BCUT2D eigenvalue weighted by molar-refractivity contribution is 5.82. The van der Waals surface area contributed by atoms with E-state index in [1.54, 1.807) is 0 Å². The molecule has 3 rings (SSSR count). The van der Waals surface area contributed by atoms with Crippen molar-refractivity contribution in [2.24, 2.45) is 5.92 Å². The predicted molar refractivity (Wildman–Crippen MR) is 79.4 cm³/mol. The van der Waals surface area contributed by atoms with Crippen LogP contribution in [0.3, 0.4) is 0 Å². The van der Waals surface area contributed by atoms with Crippen LogP contribution >= 0.6 is 0 Å². The number of amides is 1. The maximum absolute atomic E-state index is 12.1. The van der Waals surface area contributed by atoms with Crippen LogP contribution in [-0.4, -0.2) is 34.2 Å². The Kier molecular flexibility index (Phi) is 3.47. The average molecular weight is 271 g/mol. The summed E-state index contributed by atoms with van der Waals surface area (Å²) in [6.45, 7) is 3.65. The molecule has 20 heavy (non-hydrogen) atoms. The molecular formula is C16H21N3O. The summed E-state index contributed by atoms with van der Waals surface area (Å²) in [7, 11) is 1.91. The molecule has 1 aliphatic rings. The molecule has 1 aromatic heterocycles. The van der Waals surface area contributed by atoms with Gasteiger partial charge in [-0.25, -0.2) is 0 Å². The van der Waals surface area contributed by atoms with Gasteiger partial charge < -0.3 is 4.90 Å². The Morgan fingerprint density at radius 2 is 2.25 bits per heavy atom. The van der Waals surface area contributed by atoms with Gasteiger partial charge in [0.2, 0.25) is 5.91 Å². The zero-order chi connectivity index (χ0) is 14.1. The topological polar surface area (TPSA) is 38.1 Å². The number of carbonyl (C=O) groups is 1. The van der Waals surface area contributed by atoms with Gasteiger partial charge in [0.1, 0.15) is 0 Å². The summed E-state index contributed by atoms with van der Waals surface area (Å²) in [5, 5.41) is 5.58. The first-order valence-electron chi connectivity index (χ1n) is 7.30. The van der Waals surface area contributed by atoms with Gasteiger partial charge in [0.05, 0.1) is 18.3 Å². The molecule has 0 atom stereocenters. The van der Waals surface area contributed by atoms with Gasteiger partial charge in [-0.05, 0) is 37.3 Å². The second-order valence-corrected chi connectivity index (χ2v) is 5.84. The maximum atomic E-state index is 12.1. The molecule has 0 N–H and O–H groups in total. The molecule has 106 valence electrons. The Morgan fingerprint density at radius 3 is 3.00 bits per heavy atom. The highest BCUT2D eigenvalue weighted by Gasteiger charge is 2.24. The number of aromatic nitrogens is 2. The van der Waals surface area contributed by atoms with Crippen LogP contribution in [-0.2, 0) is 11.3 Å². The van der Waals surface area contributed by atoms with Gasteiger partial charge in [0.15, 0.2) is 0 Å². The summed E-state index contributed by atoms with van der Waals surface area (Å²) in [5.41, 5.74) is 2.34. The fourth-order valence-electron chi connectivity index (χ4n) is 2.61. The highest BCUT2D eigenvalue weighted by Crippen LogP contribution is 2.29. The molecule has 4 heteroatoms. The molecule has 0 aliphatic heterocycles. The van der Waals surface area contributed by atoms with Crippen molar-refractivity contribution in [2.75, 3.05) is 13.6 Å². The Hall–Kier alpha value is -1.84. The molecule has 0 saturated heterocycles. The van der Waals surface area contributed by atoms with E-state index in [1.165, 1.54) is 23.8 Å². The van der Waals surface area contributed by atoms with Gasteiger partial charge in [-0.1, -0.05) is 12.1 Å². The first kappa shape index (κ1) is 13.2. The first-order chi connectivity index (χ1) is 9.65. The van der Waals surface area contributed by atoms with Crippen molar-refractivity contribution in [1.29, 1.82) is 0 Å². The van der Waals surface area contributed by atoms with Crippen LogP contribution in [0.25, 0.3) is 10.9 Å². The van der Waals surface area contributed by atoms with E-state index in [1.807, 2.05) is 28.9 Å². The molecule has 1 amide bonds. The Bertz CT molecular complexity index is 628. The summed E-state index contributed by atoms with van der Waals surface area (Å²) in [6.07, 6.45) is 4.97. The quantitative estimate of drug-likeness (QED) is 0.838. The third kappa shape index (κ3) is 2.69. The van der Waals surface area contributed by atoms with Gasteiger partial charge >= 0.3 is 0 Å². The van der Waals surface area contributed by atoms with Crippen molar-refractivity contribution in [3.63, 3.8) is 0 Å². The maximum Gasteiger partial charge on any atom is 0.224 e. The van der Waals surface area contributed by atoms with Gasteiger partial charge in [0, 0.05) is 25.4 Å². The van der Waals surface area contributed by atoms with Crippen LogP contribution in [0.5, 0.6) is 0 Å². The number of carbonyl (C=O) groups excluding carboxylic acids is 1. The molecule has 1 fully saturated rings. The van der Waals surface area contributed by atoms with Crippen molar-refractivity contribution >= 4 is 16.8 Å². The predicted octanol–water partition coefficient (Wildman–Crippen LogP) is 2.60. The van der Waals surface area contributed by atoms with Crippen LogP contribution in [0.4, 0.5) is 0 Å². The molecule has 4 nitrogen and oxygen atoms in total. The van der Waals surface area contributed by atoms with Crippen LogP contribution in [0.15, 0.2) is 24.4 Å². The number of hydrogen-bond acceptors (Lipinski definition) is 2. The van der Waals surface area contributed by atoms with E-state index in [4.69, 9.17) is 0 Å². The zero-order valence-corrected chi connectivity index (χ0v) is 12.2. The second-order valence-electron chi connectivity index (χ2n) is 5.84. The lowest BCUT2D eigenvalue weighted by atomic mass is 10.1. The molecular weight excluding hydrogens is 250 g/mol. The van der Waals surface area contributed by atoms with Crippen LogP contribution in [0.2, 0.25) is 0 Å². The van der Waals surface area contributed by atoms with Crippen molar-refractivity contribution in [3.8, 4) is 0 Å². The molecule has 0 bridgehead atoms. The SMILES string of the molecule is Cc1cccc2c1cnn2CCC(=O)N(C)CC1CC1. The Labute approximate surface area is 119 Å². The van der Waals surface area contributed by atoms with E-state index in [2.05, 4.69) is 24.2 Å². The number of nitrogens with zero attached hydrogens (tertiary/aromatic N) is 3. The minimum Gasteiger partial charge on any atom is -0.345 e. The molecule has 1 heterocycles. The Balaban J connectivity index is 1.64. The minimum absolute atomic E-state index is 0.216. The molecule has 2 aromatic rings. The van der Waals surface area contributed by atoms with Crippen LogP contribution < -0.4 is 0 Å². The van der Waals surface area contributed by atoms with Gasteiger partial charge in [-0.3, -0.25) is 9.48 Å². The lowest BCUT2D eigenvalue weighted by Crippen LogP contribution is -2.29. The third-order valence-corrected chi connectivity index (χ3v) is 4.10. The lowest BCUT2D eigenvalue weighted by molar-refractivity contribution is -0.130. The molecule has 1 saturated carbocycles. The van der Waals surface area contributed by atoms with Crippen molar-refractivity contribution < 1.29 is 4.79 Å². The average Bonchev–Trinajstić information content (AvgIpc) is 3.14. The van der Waals surface area contributed by atoms with Crippen LogP contribution in [0, 0.1) is 12.8 Å². The van der Waals surface area contributed by atoms with Crippen molar-refractivity contribution in [1.82, 2.24) is 14.7 Å². The lowest BCUT2D eigenvalue weighted by Gasteiger charge is -2.16. The fraction of sp³-hybridized carbons (Fsp3) is 0.500. The normalized spacial score (nSPS) is 14.7. The number of aryl methyl sites for hydroxylation is 2. The summed E-state index contributed by atoms with van der Waals surface area (Å²) >= 11 is 0. The number of fused-ring (bicyclic) bond motifs is 1. The van der Waals surface area contributed by atoms with E-state index in [9.17, 15) is 4.79 Å². The monoisotopic (exact) mass is 271 g/mol.